The first kappa shape index (κ1) is 18.8. The Hall–Kier alpha value is -2.59. The van der Waals surface area contributed by atoms with Gasteiger partial charge in [0.2, 0.25) is 5.91 Å². The van der Waals surface area contributed by atoms with Gasteiger partial charge in [0.15, 0.2) is 5.78 Å². The van der Waals surface area contributed by atoms with Crippen LogP contribution >= 0.6 is 11.6 Å². The zero-order chi connectivity index (χ0) is 20.1. The number of carbonyl (C=O) groups is 2. The van der Waals surface area contributed by atoms with Crippen molar-refractivity contribution < 1.29 is 9.59 Å². The molecule has 0 saturated heterocycles. The van der Waals surface area contributed by atoms with E-state index >= 15 is 0 Å². The van der Waals surface area contributed by atoms with Gasteiger partial charge in [-0.2, -0.15) is 0 Å². The van der Waals surface area contributed by atoms with Crippen molar-refractivity contribution in [3.63, 3.8) is 0 Å². The molecule has 1 heterocycles. The van der Waals surface area contributed by atoms with Gasteiger partial charge in [0.25, 0.3) is 0 Å². The Bertz CT molecular complexity index is 1010. The number of ketones is 1. The summed E-state index contributed by atoms with van der Waals surface area (Å²) in [5.41, 5.74) is 3.71. The fourth-order valence-electron chi connectivity index (χ4n) is 4.33. The maximum atomic E-state index is 13.3. The van der Waals surface area contributed by atoms with Crippen LogP contribution in [0.5, 0.6) is 0 Å². The number of hydrogen-bond donors (Lipinski definition) is 1. The third-order valence-electron chi connectivity index (χ3n) is 5.44. The zero-order valence-corrected chi connectivity index (χ0v) is 17.0. The van der Waals surface area contributed by atoms with E-state index < -0.39 is 6.04 Å². The minimum Gasteiger partial charge on any atom is -0.357 e. The fourth-order valence-corrected chi connectivity index (χ4v) is 4.57. The molecule has 5 heteroatoms. The van der Waals surface area contributed by atoms with Crippen molar-refractivity contribution in [3.05, 3.63) is 70.4 Å². The second-order valence-electron chi connectivity index (χ2n) is 8.29. The molecular formula is C23H23ClN2O2. The van der Waals surface area contributed by atoms with Crippen LogP contribution in [-0.2, 0) is 9.59 Å². The van der Waals surface area contributed by atoms with Gasteiger partial charge in [0, 0.05) is 29.6 Å². The Labute approximate surface area is 170 Å². The van der Waals surface area contributed by atoms with Crippen molar-refractivity contribution in [2.75, 3.05) is 10.2 Å². The summed E-state index contributed by atoms with van der Waals surface area (Å²) in [4.78, 5) is 27.9. The van der Waals surface area contributed by atoms with Crippen molar-refractivity contribution in [3.8, 4) is 0 Å². The highest BCUT2D eigenvalue weighted by atomic mass is 35.5. The summed E-state index contributed by atoms with van der Waals surface area (Å²) in [5, 5.41) is 4.02. The van der Waals surface area contributed by atoms with Crippen LogP contribution in [0, 0.1) is 5.41 Å². The highest BCUT2D eigenvalue weighted by Gasteiger charge is 2.43. The Balaban J connectivity index is 2.04. The molecule has 0 unspecified atom stereocenters. The van der Waals surface area contributed by atoms with E-state index in [1.165, 1.54) is 6.92 Å². The minimum absolute atomic E-state index is 0.0581. The molecule has 2 aromatic carbocycles. The maximum absolute atomic E-state index is 13.3. The average Bonchev–Trinajstić information content (AvgIpc) is 2.75. The molecule has 1 amide bonds. The molecule has 1 N–H and O–H groups in total. The molecular weight excluding hydrogens is 372 g/mol. The summed E-state index contributed by atoms with van der Waals surface area (Å²) in [7, 11) is 0. The molecule has 0 fully saturated rings. The van der Waals surface area contributed by atoms with Gasteiger partial charge in [-0.1, -0.05) is 55.8 Å². The number of nitrogens with zero attached hydrogens (tertiary/aromatic N) is 1. The van der Waals surface area contributed by atoms with Crippen molar-refractivity contribution in [1.82, 2.24) is 0 Å². The molecule has 0 bridgehead atoms. The van der Waals surface area contributed by atoms with Gasteiger partial charge in [-0.15, -0.1) is 0 Å². The molecule has 1 atom stereocenters. The predicted molar refractivity (Wildman–Crippen MR) is 112 cm³/mol. The van der Waals surface area contributed by atoms with E-state index in [1.54, 1.807) is 11.0 Å². The van der Waals surface area contributed by atoms with E-state index in [9.17, 15) is 9.59 Å². The Morgan fingerprint density at radius 1 is 1.11 bits per heavy atom. The molecule has 144 valence electrons. The second-order valence-corrected chi connectivity index (χ2v) is 8.70. The average molecular weight is 395 g/mol. The predicted octanol–water partition coefficient (Wildman–Crippen LogP) is 5.50. The number of anilines is 2. The van der Waals surface area contributed by atoms with Crippen molar-refractivity contribution in [1.29, 1.82) is 0 Å². The first-order chi connectivity index (χ1) is 13.3. The molecule has 4 rings (SSSR count). The highest BCUT2D eigenvalue weighted by Crippen LogP contribution is 2.49. The molecule has 28 heavy (non-hydrogen) atoms. The summed E-state index contributed by atoms with van der Waals surface area (Å²) in [6.45, 7) is 5.73. The zero-order valence-electron chi connectivity index (χ0n) is 16.3. The highest BCUT2D eigenvalue weighted by molar-refractivity contribution is 6.31. The lowest BCUT2D eigenvalue weighted by molar-refractivity contribution is -0.118. The second kappa shape index (κ2) is 6.78. The smallest absolute Gasteiger partial charge is 0.224 e. The number of hydrogen-bond acceptors (Lipinski definition) is 3. The molecule has 1 aliphatic heterocycles. The van der Waals surface area contributed by atoms with Crippen LogP contribution < -0.4 is 10.2 Å². The quantitative estimate of drug-likeness (QED) is 0.694. The Kier molecular flexibility index (Phi) is 4.54. The summed E-state index contributed by atoms with van der Waals surface area (Å²) in [5.74, 6) is -0.0757. The third-order valence-corrected chi connectivity index (χ3v) is 5.78. The van der Waals surface area contributed by atoms with Crippen LogP contribution in [0.2, 0.25) is 5.02 Å². The number of nitrogens with one attached hydrogen (secondary N) is 1. The summed E-state index contributed by atoms with van der Waals surface area (Å²) in [6, 6.07) is 14.6. The Morgan fingerprint density at radius 2 is 1.79 bits per heavy atom. The van der Waals surface area contributed by atoms with E-state index in [-0.39, 0.29) is 17.1 Å². The van der Waals surface area contributed by atoms with Gasteiger partial charge in [-0.25, -0.2) is 0 Å². The van der Waals surface area contributed by atoms with Crippen LogP contribution in [0.25, 0.3) is 0 Å². The van der Waals surface area contributed by atoms with Crippen LogP contribution in [0.3, 0.4) is 0 Å². The van der Waals surface area contributed by atoms with Crippen LogP contribution in [0.1, 0.15) is 45.2 Å². The van der Waals surface area contributed by atoms with Crippen molar-refractivity contribution >= 4 is 34.7 Å². The lowest BCUT2D eigenvalue weighted by Gasteiger charge is -2.37. The van der Waals surface area contributed by atoms with E-state index in [0.717, 1.165) is 29.1 Å². The van der Waals surface area contributed by atoms with Gasteiger partial charge in [-0.3, -0.25) is 14.5 Å². The van der Waals surface area contributed by atoms with Crippen molar-refractivity contribution in [2.45, 2.75) is 39.7 Å². The standard InChI is InChI=1S/C23H23ClN2O2/c1-14(27)26-19-11-7-6-10-17(19)25-18-12-23(2,3)13-20(28)21(18)22(26)15-8-4-5-9-16(15)24/h4-11,22,25H,12-13H2,1-3H3/t22-/m1/s1. The molecule has 0 radical (unpaired) electrons. The van der Waals surface area contributed by atoms with E-state index in [1.807, 2.05) is 42.5 Å². The number of allylic oxidation sites excluding steroid dienone is 1. The minimum atomic E-state index is -0.555. The number of para-hydroxylation sites is 2. The van der Waals surface area contributed by atoms with Crippen LogP contribution in [0.4, 0.5) is 11.4 Å². The molecule has 4 nitrogen and oxygen atoms in total. The number of Topliss-reactive ketones (excluding diaryl/α,β-unsaturated/α-hetero) is 1. The molecule has 0 aromatic heterocycles. The largest absolute Gasteiger partial charge is 0.357 e. The molecule has 2 aliphatic rings. The molecule has 0 spiro atoms. The van der Waals surface area contributed by atoms with Crippen LogP contribution in [0.15, 0.2) is 59.8 Å². The van der Waals surface area contributed by atoms with Gasteiger partial charge in [0.1, 0.15) is 0 Å². The van der Waals surface area contributed by atoms with E-state index in [4.69, 9.17) is 11.6 Å². The maximum Gasteiger partial charge on any atom is 0.224 e. The van der Waals surface area contributed by atoms with Gasteiger partial charge in [0.05, 0.1) is 17.4 Å². The SMILES string of the molecule is CC(=O)N1c2ccccc2NC2=C(C(=O)CC(C)(C)C2)[C@H]1c1ccccc1Cl. The number of rotatable bonds is 1. The first-order valence-corrected chi connectivity index (χ1v) is 9.83. The van der Waals surface area contributed by atoms with E-state index in [2.05, 4.69) is 19.2 Å². The van der Waals surface area contributed by atoms with Gasteiger partial charge < -0.3 is 5.32 Å². The Morgan fingerprint density at radius 3 is 2.50 bits per heavy atom. The summed E-state index contributed by atoms with van der Waals surface area (Å²) < 4.78 is 0. The first-order valence-electron chi connectivity index (χ1n) is 9.45. The lowest BCUT2D eigenvalue weighted by atomic mass is 9.73. The lowest BCUT2D eigenvalue weighted by Crippen LogP contribution is -2.38. The number of amides is 1. The normalized spacial score (nSPS) is 20.8. The van der Waals surface area contributed by atoms with Gasteiger partial charge in [-0.05, 0) is 35.6 Å². The van der Waals surface area contributed by atoms with Crippen molar-refractivity contribution in [2.24, 2.45) is 5.41 Å². The number of carbonyl (C=O) groups excluding carboxylic acids is 2. The molecule has 0 saturated carbocycles. The topological polar surface area (TPSA) is 49.4 Å². The van der Waals surface area contributed by atoms with Crippen LogP contribution in [-0.4, -0.2) is 11.7 Å². The summed E-state index contributed by atoms with van der Waals surface area (Å²) in [6.07, 6.45) is 1.17. The molecule has 2 aromatic rings. The van der Waals surface area contributed by atoms with E-state index in [0.29, 0.717) is 17.0 Å². The monoisotopic (exact) mass is 394 g/mol. The number of halogens is 1. The van der Waals surface area contributed by atoms with Gasteiger partial charge >= 0.3 is 0 Å². The molecule has 1 aliphatic carbocycles. The summed E-state index contributed by atoms with van der Waals surface area (Å²) >= 11 is 6.55. The number of benzene rings is 2. The third kappa shape index (κ3) is 3.12. The fraction of sp³-hybridized carbons (Fsp3) is 0.304. The number of fused-ring (bicyclic) bond motifs is 1.